The molecule has 0 saturated heterocycles. The lowest BCUT2D eigenvalue weighted by Crippen LogP contribution is -2.34. The molecule has 2 aromatic heterocycles. The van der Waals surface area contributed by atoms with Gasteiger partial charge in [-0.15, -0.1) is 0 Å². The van der Waals surface area contributed by atoms with Crippen molar-refractivity contribution in [3.8, 4) is 0 Å². The van der Waals surface area contributed by atoms with Crippen molar-refractivity contribution in [3.63, 3.8) is 0 Å². The molecule has 108 valence electrons. The van der Waals surface area contributed by atoms with Gasteiger partial charge in [0.05, 0.1) is 23.5 Å². The summed E-state index contributed by atoms with van der Waals surface area (Å²) in [5.74, 6) is -0.00193. The first-order chi connectivity index (χ1) is 9.51. The normalized spacial score (nSPS) is 12.4. The fourth-order valence-corrected chi connectivity index (χ4v) is 2.23. The molecule has 6 nitrogen and oxygen atoms in total. The SMILES string of the molecule is CCC(C(=O)N(C)Cc1ccn(C)n1)n1cc(Cl)cn1. The largest absolute Gasteiger partial charge is 0.338 e. The first-order valence-electron chi connectivity index (χ1n) is 6.44. The third kappa shape index (κ3) is 3.19. The molecule has 2 rings (SSSR count). The zero-order valence-corrected chi connectivity index (χ0v) is 12.6. The maximum Gasteiger partial charge on any atom is 0.247 e. The van der Waals surface area contributed by atoms with Gasteiger partial charge in [0.2, 0.25) is 5.91 Å². The van der Waals surface area contributed by atoms with E-state index in [4.69, 9.17) is 11.6 Å². The van der Waals surface area contributed by atoms with Crippen LogP contribution in [-0.4, -0.2) is 37.4 Å². The molecule has 7 heteroatoms. The number of amides is 1. The third-order valence-electron chi connectivity index (χ3n) is 3.11. The molecule has 20 heavy (non-hydrogen) atoms. The van der Waals surface area contributed by atoms with Gasteiger partial charge in [-0.05, 0) is 12.5 Å². The van der Waals surface area contributed by atoms with E-state index in [-0.39, 0.29) is 11.9 Å². The molecule has 1 amide bonds. The summed E-state index contributed by atoms with van der Waals surface area (Å²) >= 11 is 5.86. The molecule has 0 aromatic carbocycles. The van der Waals surface area contributed by atoms with Crippen LogP contribution in [0.4, 0.5) is 0 Å². The number of carbonyl (C=O) groups excluding carboxylic acids is 1. The Kier molecular flexibility index (Phi) is 4.44. The van der Waals surface area contributed by atoms with E-state index in [1.807, 2.05) is 26.2 Å². The highest BCUT2D eigenvalue weighted by atomic mass is 35.5. The molecule has 0 bridgehead atoms. The molecule has 0 spiro atoms. The smallest absolute Gasteiger partial charge is 0.247 e. The predicted molar refractivity (Wildman–Crippen MR) is 76.2 cm³/mol. The Balaban J connectivity index is 2.08. The van der Waals surface area contributed by atoms with Crippen LogP contribution in [-0.2, 0) is 18.4 Å². The Labute approximate surface area is 122 Å². The van der Waals surface area contributed by atoms with Crippen molar-refractivity contribution in [2.75, 3.05) is 7.05 Å². The quantitative estimate of drug-likeness (QED) is 0.846. The van der Waals surface area contributed by atoms with Crippen molar-refractivity contribution >= 4 is 17.5 Å². The first-order valence-corrected chi connectivity index (χ1v) is 6.82. The summed E-state index contributed by atoms with van der Waals surface area (Å²) in [7, 11) is 3.62. The minimum Gasteiger partial charge on any atom is -0.338 e. The summed E-state index contributed by atoms with van der Waals surface area (Å²) in [6, 6.07) is 1.56. The summed E-state index contributed by atoms with van der Waals surface area (Å²) in [6.45, 7) is 2.43. The average molecular weight is 296 g/mol. The predicted octanol–water partition coefficient (Wildman–Crippen LogP) is 1.88. The van der Waals surface area contributed by atoms with E-state index in [1.54, 1.807) is 27.5 Å². The topological polar surface area (TPSA) is 56.0 Å². The van der Waals surface area contributed by atoms with Crippen molar-refractivity contribution in [1.82, 2.24) is 24.5 Å². The van der Waals surface area contributed by atoms with Gasteiger partial charge >= 0.3 is 0 Å². The number of likely N-dealkylation sites (N-methyl/N-ethyl adjacent to an activating group) is 1. The van der Waals surface area contributed by atoms with E-state index in [0.717, 1.165) is 5.69 Å². The molecule has 0 saturated carbocycles. The van der Waals surface area contributed by atoms with E-state index in [9.17, 15) is 4.79 Å². The van der Waals surface area contributed by atoms with Gasteiger partial charge in [-0.3, -0.25) is 14.2 Å². The van der Waals surface area contributed by atoms with Crippen LogP contribution in [0.3, 0.4) is 0 Å². The van der Waals surface area contributed by atoms with Crippen LogP contribution in [0.1, 0.15) is 25.1 Å². The molecule has 0 fully saturated rings. The van der Waals surface area contributed by atoms with E-state index in [2.05, 4.69) is 10.2 Å². The van der Waals surface area contributed by atoms with Crippen molar-refractivity contribution < 1.29 is 4.79 Å². The molecule has 2 aromatic rings. The molecule has 2 heterocycles. The van der Waals surface area contributed by atoms with E-state index < -0.39 is 0 Å². The van der Waals surface area contributed by atoms with E-state index >= 15 is 0 Å². The van der Waals surface area contributed by atoms with Gasteiger partial charge in [-0.1, -0.05) is 18.5 Å². The van der Waals surface area contributed by atoms with Crippen LogP contribution in [0.15, 0.2) is 24.7 Å². The first kappa shape index (κ1) is 14.6. The van der Waals surface area contributed by atoms with Gasteiger partial charge in [0, 0.05) is 26.5 Å². The van der Waals surface area contributed by atoms with Crippen LogP contribution in [0.2, 0.25) is 5.02 Å². The Hall–Kier alpha value is -1.82. The number of rotatable bonds is 5. The number of hydrogen-bond donors (Lipinski definition) is 0. The fourth-order valence-electron chi connectivity index (χ4n) is 2.08. The van der Waals surface area contributed by atoms with Crippen molar-refractivity contribution in [1.29, 1.82) is 0 Å². The minimum atomic E-state index is -0.337. The number of aromatic nitrogens is 4. The highest BCUT2D eigenvalue weighted by molar-refractivity contribution is 6.30. The lowest BCUT2D eigenvalue weighted by molar-refractivity contribution is -0.134. The monoisotopic (exact) mass is 295 g/mol. The number of hydrogen-bond acceptors (Lipinski definition) is 3. The summed E-state index contributed by atoms with van der Waals surface area (Å²) in [4.78, 5) is 14.1. The molecular formula is C13H18ClN5O. The lowest BCUT2D eigenvalue weighted by atomic mass is 10.2. The van der Waals surface area contributed by atoms with Gasteiger partial charge in [0.15, 0.2) is 0 Å². The maximum atomic E-state index is 12.5. The maximum absolute atomic E-state index is 12.5. The second kappa shape index (κ2) is 6.09. The zero-order chi connectivity index (χ0) is 14.7. The number of aryl methyl sites for hydroxylation is 1. The van der Waals surface area contributed by atoms with Gasteiger partial charge < -0.3 is 4.90 Å². The van der Waals surface area contributed by atoms with Crippen molar-refractivity contribution in [2.24, 2.45) is 7.05 Å². The van der Waals surface area contributed by atoms with Crippen LogP contribution in [0.25, 0.3) is 0 Å². The van der Waals surface area contributed by atoms with Gasteiger partial charge in [0.1, 0.15) is 6.04 Å². The van der Waals surface area contributed by atoms with Gasteiger partial charge in [-0.25, -0.2) is 0 Å². The molecular weight excluding hydrogens is 278 g/mol. The molecule has 1 unspecified atom stereocenters. The Morgan fingerprint density at radius 2 is 2.30 bits per heavy atom. The highest BCUT2D eigenvalue weighted by Crippen LogP contribution is 2.17. The van der Waals surface area contributed by atoms with Crippen molar-refractivity contribution in [2.45, 2.75) is 25.9 Å². The van der Waals surface area contributed by atoms with Crippen molar-refractivity contribution in [3.05, 3.63) is 35.4 Å². The summed E-state index contributed by atoms with van der Waals surface area (Å²) < 4.78 is 3.33. The minimum absolute atomic E-state index is 0.00193. The van der Waals surface area contributed by atoms with Gasteiger partial charge in [0.25, 0.3) is 0 Å². The summed E-state index contributed by atoms with van der Waals surface area (Å²) in [5, 5.41) is 8.92. The molecule has 0 N–H and O–H groups in total. The molecule has 0 aliphatic rings. The number of halogens is 1. The molecule has 0 aliphatic heterocycles. The van der Waals surface area contributed by atoms with Crippen LogP contribution < -0.4 is 0 Å². The average Bonchev–Trinajstić information content (AvgIpc) is 2.99. The summed E-state index contributed by atoms with van der Waals surface area (Å²) in [5.41, 5.74) is 0.858. The Morgan fingerprint density at radius 3 is 2.80 bits per heavy atom. The van der Waals surface area contributed by atoms with Crippen LogP contribution in [0, 0.1) is 0 Å². The molecule has 0 radical (unpaired) electrons. The molecule has 0 aliphatic carbocycles. The highest BCUT2D eigenvalue weighted by Gasteiger charge is 2.23. The zero-order valence-electron chi connectivity index (χ0n) is 11.8. The lowest BCUT2D eigenvalue weighted by Gasteiger charge is -2.22. The second-order valence-electron chi connectivity index (χ2n) is 4.74. The van der Waals surface area contributed by atoms with Crippen LogP contribution in [0.5, 0.6) is 0 Å². The third-order valence-corrected chi connectivity index (χ3v) is 3.30. The number of carbonyl (C=O) groups is 1. The Morgan fingerprint density at radius 1 is 1.55 bits per heavy atom. The van der Waals surface area contributed by atoms with Gasteiger partial charge in [-0.2, -0.15) is 10.2 Å². The Bertz CT molecular complexity index is 591. The summed E-state index contributed by atoms with van der Waals surface area (Å²) in [6.07, 6.45) is 5.72. The molecule has 1 atom stereocenters. The van der Waals surface area contributed by atoms with E-state index in [0.29, 0.717) is 18.0 Å². The number of nitrogens with zero attached hydrogens (tertiary/aromatic N) is 5. The van der Waals surface area contributed by atoms with Crippen LogP contribution >= 0.6 is 11.6 Å². The second-order valence-corrected chi connectivity index (χ2v) is 5.17. The standard InChI is InChI=1S/C13H18ClN5O/c1-4-12(19-8-10(14)7-15-19)13(20)17(2)9-11-5-6-18(3)16-11/h5-8,12H,4,9H2,1-3H3. The fraction of sp³-hybridized carbons (Fsp3) is 0.462. The van der Waals surface area contributed by atoms with E-state index in [1.165, 1.54) is 6.20 Å².